The molecular formula is C28H30N4O2S. The Morgan fingerprint density at radius 3 is 2.40 bits per heavy atom. The Morgan fingerprint density at radius 1 is 1.00 bits per heavy atom. The summed E-state index contributed by atoms with van der Waals surface area (Å²) >= 11 is 1.35. The molecule has 0 fully saturated rings. The van der Waals surface area contributed by atoms with Crippen molar-refractivity contribution in [1.29, 1.82) is 0 Å². The van der Waals surface area contributed by atoms with Gasteiger partial charge in [-0.2, -0.15) is 0 Å². The molecule has 0 saturated heterocycles. The highest BCUT2D eigenvalue weighted by atomic mass is 32.2. The molecule has 0 radical (unpaired) electrons. The summed E-state index contributed by atoms with van der Waals surface area (Å²) in [7, 11) is 0. The standard InChI is InChI=1S/C28H30N4O2S/c1-4-21(3)22-12-14-23(15-13-22)29-27(33)19-35-28-31-30-26(32(28)24-8-6-5-7-9-24)18-34-25-16-10-20(2)11-17-25/h5-17,21H,4,18-19H2,1-3H3,(H,29,33)/t21-/m1/s1. The number of nitrogens with zero attached hydrogens (tertiary/aromatic N) is 3. The highest BCUT2D eigenvalue weighted by molar-refractivity contribution is 7.99. The first-order valence-electron chi connectivity index (χ1n) is 11.7. The van der Waals surface area contributed by atoms with Crippen LogP contribution in [0, 0.1) is 6.92 Å². The fourth-order valence-corrected chi connectivity index (χ4v) is 4.33. The SMILES string of the molecule is CC[C@@H](C)c1ccc(NC(=O)CSc2nnc(COc3ccc(C)cc3)n2-c2ccccc2)cc1. The van der Waals surface area contributed by atoms with Gasteiger partial charge in [-0.15, -0.1) is 10.2 Å². The number of para-hydroxylation sites is 1. The molecule has 4 aromatic rings. The van der Waals surface area contributed by atoms with Crippen molar-refractivity contribution >= 4 is 23.4 Å². The van der Waals surface area contributed by atoms with Gasteiger partial charge in [0.1, 0.15) is 12.4 Å². The van der Waals surface area contributed by atoms with E-state index >= 15 is 0 Å². The second kappa shape index (κ2) is 11.7. The van der Waals surface area contributed by atoms with Crippen LogP contribution in [0.5, 0.6) is 5.75 Å². The van der Waals surface area contributed by atoms with Gasteiger partial charge in [-0.05, 0) is 61.2 Å². The van der Waals surface area contributed by atoms with Gasteiger partial charge in [-0.3, -0.25) is 9.36 Å². The molecule has 1 N–H and O–H groups in total. The maximum absolute atomic E-state index is 12.6. The number of thioether (sulfide) groups is 1. The average Bonchev–Trinajstić information content (AvgIpc) is 3.30. The second-order valence-electron chi connectivity index (χ2n) is 8.44. The number of hydrogen-bond donors (Lipinski definition) is 1. The molecule has 0 unspecified atom stereocenters. The van der Waals surface area contributed by atoms with Gasteiger partial charge in [0.15, 0.2) is 11.0 Å². The van der Waals surface area contributed by atoms with Crippen molar-refractivity contribution in [3.05, 3.63) is 95.8 Å². The first-order valence-corrected chi connectivity index (χ1v) is 12.7. The van der Waals surface area contributed by atoms with Crippen LogP contribution in [0.3, 0.4) is 0 Å². The van der Waals surface area contributed by atoms with Crippen molar-refractivity contribution in [1.82, 2.24) is 14.8 Å². The maximum atomic E-state index is 12.6. The van der Waals surface area contributed by atoms with Gasteiger partial charge >= 0.3 is 0 Å². The number of hydrogen-bond acceptors (Lipinski definition) is 5. The minimum Gasteiger partial charge on any atom is -0.486 e. The Balaban J connectivity index is 1.44. The fourth-order valence-electron chi connectivity index (χ4n) is 3.56. The van der Waals surface area contributed by atoms with Crippen LogP contribution >= 0.6 is 11.8 Å². The summed E-state index contributed by atoms with van der Waals surface area (Å²) in [4.78, 5) is 12.6. The maximum Gasteiger partial charge on any atom is 0.234 e. The molecule has 3 aromatic carbocycles. The first-order chi connectivity index (χ1) is 17.0. The zero-order valence-corrected chi connectivity index (χ0v) is 21.1. The minimum absolute atomic E-state index is 0.0913. The van der Waals surface area contributed by atoms with E-state index in [4.69, 9.17) is 4.74 Å². The van der Waals surface area contributed by atoms with Crippen LogP contribution in [0.15, 0.2) is 84.0 Å². The lowest BCUT2D eigenvalue weighted by atomic mass is 9.99. The number of carbonyl (C=O) groups excluding carboxylic acids is 1. The molecule has 1 amide bonds. The van der Waals surface area contributed by atoms with Gasteiger partial charge in [0.05, 0.1) is 5.75 Å². The van der Waals surface area contributed by atoms with E-state index < -0.39 is 0 Å². The van der Waals surface area contributed by atoms with E-state index in [1.807, 2.05) is 78.2 Å². The predicted molar refractivity (Wildman–Crippen MR) is 141 cm³/mol. The monoisotopic (exact) mass is 486 g/mol. The number of anilines is 1. The number of rotatable bonds is 10. The van der Waals surface area contributed by atoms with Crippen LogP contribution in [-0.2, 0) is 11.4 Å². The number of nitrogens with one attached hydrogen (secondary N) is 1. The molecule has 1 aromatic heterocycles. The zero-order chi connectivity index (χ0) is 24.6. The van der Waals surface area contributed by atoms with Gasteiger partial charge in [0, 0.05) is 11.4 Å². The van der Waals surface area contributed by atoms with Crippen LogP contribution in [0.25, 0.3) is 5.69 Å². The largest absolute Gasteiger partial charge is 0.486 e. The third kappa shape index (κ3) is 6.51. The van der Waals surface area contributed by atoms with Crippen molar-refractivity contribution in [2.24, 2.45) is 0 Å². The summed E-state index contributed by atoms with van der Waals surface area (Å²) in [6, 6.07) is 25.8. The van der Waals surface area contributed by atoms with Crippen LogP contribution in [0.1, 0.15) is 43.1 Å². The molecule has 1 atom stereocenters. The molecule has 0 saturated carbocycles. The molecule has 6 nitrogen and oxygen atoms in total. The molecule has 0 aliphatic heterocycles. The molecule has 0 aliphatic rings. The lowest BCUT2D eigenvalue weighted by molar-refractivity contribution is -0.113. The van der Waals surface area contributed by atoms with Crippen molar-refractivity contribution in [2.75, 3.05) is 11.1 Å². The highest BCUT2D eigenvalue weighted by Crippen LogP contribution is 2.24. The molecule has 35 heavy (non-hydrogen) atoms. The molecule has 4 rings (SSSR count). The zero-order valence-electron chi connectivity index (χ0n) is 20.3. The fraction of sp³-hybridized carbons (Fsp3) is 0.250. The van der Waals surface area contributed by atoms with Crippen LogP contribution in [-0.4, -0.2) is 26.4 Å². The van der Waals surface area contributed by atoms with Crippen molar-refractivity contribution in [3.63, 3.8) is 0 Å². The third-order valence-electron chi connectivity index (χ3n) is 5.81. The Morgan fingerprint density at radius 2 is 1.71 bits per heavy atom. The normalized spacial score (nSPS) is 11.7. The Bertz CT molecular complexity index is 1240. The number of benzene rings is 3. The quantitative estimate of drug-likeness (QED) is 0.263. The minimum atomic E-state index is -0.0913. The van der Waals surface area contributed by atoms with Gasteiger partial charge < -0.3 is 10.1 Å². The average molecular weight is 487 g/mol. The molecule has 0 bridgehead atoms. The predicted octanol–water partition coefficient (Wildman–Crippen LogP) is 6.40. The highest BCUT2D eigenvalue weighted by Gasteiger charge is 2.17. The van der Waals surface area contributed by atoms with E-state index in [9.17, 15) is 4.79 Å². The number of ether oxygens (including phenoxy) is 1. The molecule has 180 valence electrons. The summed E-state index contributed by atoms with van der Waals surface area (Å²) in [5, 5.41) is 12.3. The lowest BCUT2D eigenvalue weighted by Crippen LogP contribution is -2.15. The summed E-state index contributed by atoms with van der Waals surface area (Å²) in [6.45, 7) is 6.68. The third-order valence-corrected chi connectivity index (χ3v) is 6.74. The number of aryl methyl sites for hydroxylation is 1. The van der Waals surface area contributed by atoms with Gasteiger partial charge in [-0.25, -0.2) is 0 Å². The van der Waals surface area contributed by atoms with Crippen molar-refractivity contribution in [3.8, 4) is 11.4 Å². The van der Waals surface area contributed by atoms with Crippen molar-refractivity contribution < 1.29 is 9.53 Å². The van der Waals surface area contributed by atoms with E-state index in [0.29, 0.717) is 16.9 Å². The van der Waals surface area contributed by atoms with Gasteiger partial charge in [0.25, 0.3) is 0 Å². The molecular weight excluding hydrogens is 456 g/mol. The first kappa shape index (κ1) is 24.5. The van der Waals surface area contributed by atoms with E-state index in [2.05, 4.69) is 41.5 Å². The van der Waals surface area contributed by atoms with E-state index in [1.54, 1.807) is 0 Å². The Kier molecular flexibility index (Phi) is 8.21. The molecule has 1 heterocycles. The van der Waals surface area contributed by atoms with E-state index in [-0.39, 0.29) is 18.3 Å². The second-order valence-corrected chi connectivity index (χ2v) is 9.38. The van der Waals surface area contributed by atoms with Crippen LogP contribution in [0.2, 0.25) is 0 Å². The summed E-state index contributed by atoms with van der Waals surface area (Å²) in [6.07, 6.45) is 1.09. The Hall–Kier alpha value is -3.58. The molecule has 7 heteroatoms. The van der Waals surface area contributed by atoms with Gasteiger partial charge in [0.2, 0.25) is 5.91 Å². The number of aromatic nitrogens is 3. The smallest absolute Gasteiger partial charge is 0.234 e. The van der Waals surface area contributed by atoms with E-state index in [1.165, 1.54) is 22.9 Å². The number of carbonyl (C=O) groups is 1. The Labute approximate surface area is 210 Å². The summed E-state index contributed by atoms with van der Waals surface area (Å²) in [5.41, 5.74) is 4.16. The van der Waals surface area contributed by atoms with E-state index in [0.717, 1.165) is 23.5 Å². The summed E-state index contributed by atoms with van der Waals surface area (Å²) < 4.78 is 7.89. The number of amides is 1. The van der Waals surface area contributed by atoms with Crippen LogP contribution < -0.4 is 10.1 Å². The summed E-state index contributed by atoms with van der Waals surface area (Å²) in [5.74, 6) is 2.07. The van der Waals surface area contributed by atoms with Gasteiger partial charge in [-0.1, -0.05) is 73.6 Å². The topological polar surface area (TPSA) is 69.0 Å². The lowest BCUT2D eigenvalue weighted by Gasteiger charge is -2.12. The molecule has 0 aliphatic carbocycles. The molecule has 0 spiro atoms. The van der Waals surface area contributed by atoms with Crippen LogP contribution in [0.4, 0.5) is 5.69 Å². The van der Waals surface area contributed by atoms with Crippen molar-refractivity contribution in [2.45, 2.75) is 44.9 Å².